The van der Waals surface area contributed by atoms with Gasteiger partial charge in [0, 0.05) is 13.0 Å². The molecule has 9 nitrogen and oxygen atoms in total. The molecule has 1 fully saturated rings. The van der Waals surface area contributed by atoms with Gasteiger partial charge in [-0.1, -0.05) is 188 Å². The Morgan fingerprint density at radius 2 is 1.02 bits per heavy atom. The Bertz CT molecular complexity index is 906. The summed E-state index contributed by atoms with van der Waals surface area (Å²) in [7, 11) is 0. The van der Waals surface area contributed by atoms with Crippen LogP contribution in [0.5, 0.6) is 0 Å². The maximum Gasteiger partial charge on any atom is 0.225 e. The minimum Gasteiger partial charge on any atom is -0.394 e. The van der Waals surface area contributed by atoms with Gasteiger partial charge in [-0.2, -0.15) is 0 Å². The second kappa shape index (κ2) is 31.0. The molecule has 0 aromatic heterocycles. The summed E-state index contributed by atoms with van der Waals surface area (Å²) in [6, 6.07) is -0.946. The number of nitrogens with two attached hydrogens (primary N) is 2. The first-order valence-corrected chi connectivity index (χ1v) is 22.6. The number of carbonyl (C=O) groups excluding carboxylic acids is 2. The molecule has 0 aromatic rings. The minimum atomic E-state index is -2.04. The first-order valence-electron chi connectivity index (χ1n) is 22.6. The Morgan fingerprint density at radius 3 is 1.40 bits per heavy atom. The third kappa shape index (κ3) is 20.6. The average Bonchev–Trinajstić information content (AvgIpc) is 3.13. The highest BCUT2D eigenvalue weighted by atomic mass is 16.6. The van der Waals surface area contributed by atoms with Crippen LogP contribution in [0.3, 0.4) is 0 Å². The molecule has 1 aliphatic rings. The summed E-state index contributed by atoms with van der Waals surface area (Å²) in [6.45, 7) is 8.05. The average molecular weight is 754 g/mol. The van der Waals surface area contributed by atoms with Crippen molar-refractivity contribution >= 4 is 11.7 Å². The number of nitrogens with zero attached hydrogens (tertiary/aromatic N) is 1. The van der Waals surface area contributed by atoms with E-state index in [-0.39, 0.29) is 24.8 Å². The monoisotopic (exact) mass is 754 g/mol. The number of rotatable bonds is 35. The topological polar surface area (TPSA) is 159 Å². The van der Waals surface area contributed by atoms with E-state index in [0.29, 0.717) is 19.3 Å². The van der Waals surface area contributed by atoms with Gasteiger partial charge in [0.15, 0.2) is 5.78 Å². The van der Waals surface area contributed by atoms with Crippen LogP contribution >= 0.6 is 0 Å². The number of hydrogen-bond donors (Lipinski definition) is 5. The zero-order chi connectivity index (χ0) is 39.3. The number of ether oxygens (including phenoxy) is 1. The van der Waals surface area contributed by atoms with E-state index in [4.69, 9.17) is 16.2 Å². The fourth-order valence-corrected chi connectivity index (χ4v) is 8.04. The van der Waals surface area contributed by atoms with Crippen molar-refractivity contribution in [2.24, 2.45) is 23.3 Å². The third-order valence-corrected chi connectivity index (χ3v) is 11.4. The second-order valence-electron chi connectivity index (χ2n) is 16.8. The van der Waals surface area contributed by atoms with Gasteiger partial charge in [0.25, 0.3) is 0 Å². The Morgan fingerprint density at radius 1 is 0.642 bits per heavy atom. The molecule has 1 saturated heterocycles. The zero-order valence-electron chi connectivity index (χ0n) is 35.1. The molecule has 0 radical (unpaired) electrons. The van der Waals surface area contributed by atoms with E-state index >= 15 is 0 Å². The van der Waals surface area contributed by atoms with Gasteiger partial charge < -0.3 is 30.7 Å². The lowest BCUT2D eigenvalue weighted by atomic mass is 9.79. The highest BCUT2D eigenvalue weighted by molar-refractivity contribution is 5.89. The molecule has 7 N–H and O–H groups in total. The van der Waals surface area contributed by atoms with Crippen molar-refractivity contribution in [3.05, 3.63) is 0 Å². The van der Waals surface area contributed by atoms with Crippen molar-refractivity contribution in [2.45, 2.75) is 244 Å². The summed E-state index contributed by atoms with van der Waals surface area (Å²) in [6.07, 6.45) is 28.7. The second-order valence-corrected chi connectivity index (χ2v) is 16.8. The first kappa shape index (κ1) is 49.9. The van der Waals surface area contributed by atoms with Crippen LogP contribution in [-0.2, 0) is 14.3 Å². The van der Waals surface area contributed by atoms with Gasteiger partial charge in [0.1, 0.15) is 18.1 Å². The number of ketones is 1. The molecule has 6 atom stereocenters. The van der Waals surface area contributed by atoms with Gasteiger partial charge >= 0.3 is 0 Å². The van der Waals surface area contributed by atoms with Crippen LogP contribution in [-0.4, -0.2) is 75.3 Å². The van der Waals surface area contributed by atoms with Gasteiger partial charge in [-0.05, 0) is 25.2 Å². The lowest BCUT2D eigenvalue weighted by Gasteiger charge is -2.53. The Hall–Kier alpha value is -1.10. The third-order valence-electron chi connectivity index (χ3n) is 11.4. The highest BCUT2D eigenvalue weighted by Crippen LogP contribution is 2.37. The lowest BCUT2D eigenvalue weighted by Crippen LogP contribution is -2.76. The van der Waals surface area contributed by atoms with E-state index < -0.39 is 48.5 Å². The number of hydrogen-bond acceptors (Lipinski definition) is 8. The number of unbranched alkanes of at least 4 members (excludes halogenated alkanes) is 25. The fraction of sp³-hybridized carbons (Fsp3) is 0.955. The van der Waals surface area contributed by atoms with Crippen LogP contribution in [0.2, 0.25) is 0 Å². The van der Waals surface area contributed by atoms with Crippen molar-refractivity contribution in [1.82, 2.24) is 4.90 Å². The molecule has 9 heteroatoms. The summed E-state index contributed by atoms with van der Waals surface area (Å²) < 4.78 is 6.11. The molecule has 0 bridgehead atoms. The number of amides is 1. The molecular weight excluding hydrogens is 666 g/mol. The standard InChI is InChI=1S/C44H87N3O6/c1-5-7-9-11-13-15-17-19-20-21-22-24-26-28-30-32-39(49)47(33-31-29-27-25-23-18-16-14-12-10-8-6-2)44(46)40(41(50)37(45)34-36(3)4)43(52)42(51)38(35-48)53-44/h36-38,40,42-43,48,51-52H,5-35,45-46H2,1-4H3/t37-,38+,40+,42+,43+,44-/m0/s1. The van der Waals surface area contributed by atoms with Crippen molar-refractivity contribution < 1.29 is 29.6 Å². The summed E-state index contributed by atoms with van der Waals surface area (Å²) >= 11 is 0. The maximum absolute atomic E-state index is 14.0. The van der Waals surface area contributed by atoms with Crippen molar-refractivity contribution in [3.63, 3.8) is 0 Å². The van der Waals surface area contributed by atoms with E-state index in [1.807, 2.05) is 13.8 Å². The van der Waals surface area contributed by atoms with Crippen molar-refractivity contribution in [2.75, 3.05) is 13.2 Å². The molecule has 1 rings (SSSR count). The molecule has 0 spiro atoms. The van der Waals surface area contributed by atoms with E-state index in [0.717, 1.165) is 38.5 Å². The summed E-state index contributed by atoms with van der Waals surface area (Å²) in [5.41, 5.74) is 13.3. The normalized spacial score (nSPS) is 22.4. The summed E-state index contributed by atoms with van der Waals surface area (Å²) in [5.74, 6) is -4.15. The minimum absolute atomic E-state index is 0.113. The molecular formula is C44H87N3O6. The van der Waals surface area contributed by atoms with Gasteiger partial charge in [-0.15, -0.1) is 0 Å². The quantitative estimate of drug-likeness (QED) is 0.0317. The Balaban J connectivity index is 2.78. The maximum atomic E-state index is 14.0. The smallest absolute Gasteiger partial charge is 0.225 e. The molecule has 1 heterocycles. The number of carbonyl (C=O) groups is 2. The summed E-state index contributed by atoms with van der Waals surface area (Å²) in [4.78, 5) is 29.3. The van der Waals surface area contributed by atoms with Gasteiger partial charge in [-0.25, -0.2) is 0 Å². The lowest BCUT2D eigenvalue weighted by molar-refractivity contribution is -0.291. The van der Waals surface area contributed by atoms with E-state index in [9.17, 15) is 24.9 Å². The molecule has 0 saturated carbocycles. The molecule has 314 valence electrons. The predicted molar refractivity (Wildman–Crippen MR) is 219 cm³/mol. The van der Waals surface area contributed by atoms with Crippen LogP contribution < -0.4 is 11.5 Å². The highest BCUT2D eigenvalue weighted by Gasteiger charge is 2.59. The van der Waals surface area contributed by atoms with Crippen LogP contribution in [0.15, 0.2) is 0 Å². The van der Waals surface area contributed by atoms with E-state index in [1.54, 1.807) is 0 Å². The number of Topliss-reactive ketones (excluding diaryl/α,β-unsaturated/α-hetero) is 1. The van der Waals surface area contributed by atoms with Crippen molar-refractivity contribution in [1.29, 1.82) is 0 Å². The molecule has 1 amide bonds. The fourth-order valence-electron chi connectivity index (χ4n) is 8.04. The van der Waals surface area contributed by atoms with Gasteiger partial charge in [0.05, 0.1) is 18.8 Å². The molecule has 0 aromatic carbocycles. The molecule has 0 unspecified atom stereocenters. The zero-order valence-corrected chi connectivity index (χ0v) is 35.1. The van der Waals surface area contributed by atoms with Gasteiger partial charge in [-0.3, -0.25) is 15.3 Å². The molecule has 0 aliphatic carbocycles. The van der Waals surface area contributed by atoms with Crippen molar-refractivity contribution in [3.8, 4) is 0 Å². The van der Waals surface area contributed by atoms with E-state index in [2.05, 4.69) is 13.8 Å². The molecule has 53 heavy (non-hydrogen) atoms. The molecule has 1 aliphatic heterocycles. The van der Waals surface area contributed by atoms with Crippen LogP contribution in [0.25, 0.3) is 0 Å². The summed E-state index contributed by atoms with van der Waals surface area (Å²) in [5, 5.41) is 32.2. The largest absolute Gasteiger partial charge is 0.394 e. The Labute approximate surface area is 326 Å². The number of aliphatic hydroxyl groups is 3. The van der Waals surface area contributed by atoms with Crippen LogP contribution in [0.1, 0.15) is 214 Å². The van der Waals surface area contributed by atoms with Crippen LogP contribution in [0.4, 0.5) is 0 Å². The first-order chi connectivity index (χ1) is 25.5. The Kier molecular flexibility index (Phi) is 29.2. The van der Waals surface area contributed by atoms with E-state index in [1.165, 1.54) is 127 Å². The number of aliphatic hydroxyl groups excluding tert-OH is 3. The van der Waals surface area contributed by atoms with Gasteiger partial charge in [0.2, 0.25) is 11.8 Å². The predicted octanol–water partition coefficient (Wildman–Crippen LogP) is 9.06. The SMILES string of the molecule is CCCCCCCCCCCCCCCCCC(=O)N(CCCCCCCCCCCCCC)[C@]1(N)O[C@H](CO)[C@@H](O)[C@H](O)[C@H]1C(=O)[C@@H](N)CC(C)C. The van der Waals surface area contributed by atoms with Crippen LogP contribution in [0, 0.1) is 11.8 Å².